The molecule has 3 aromatic rings. The van der Waals surface area contributed by atoms with Gasteiger partial charge in [0.25, 0.3) is 5.91 Å². The van der Waals surface area contributed by atoms with Crippen molar-refractivity contribution in [1.82, 2.24) is 0 Å². The predicted octanol–water partition coefficient (Wildman–Crippen LogP) is 3.74. The number of anilines is 2. The highest BCUT2D eigenvalue weighted by Gasteiger charge is 2.38. The second kappa shape index (κ2) is 8.24. The molecule has 0 saturated heterocycles. The number of carbonyl (C=O) groups is 1. The Bertz CT molecular complexity index is 1100. The molecule has 0 spiro atoms. The molecule has 0 aliphatic carbocycles. The molecule has 0 radical (unpaired) electrons. The number of oxime groups is 1. The highest BCUT2D eigenvalue weighted by molar-refractivity contribution is 6.03. The number of amides is 1. The van der Waals surface area contributed by atoms with Crippen molar-refractivity contribution in [2.24, 2.45) is 5.16 Å². The molecule has 1 amide bonds. The van der Waals surface area contributed by atoms with Crippen LogP contribution >= 0.6 is 0 Å². The average molecular weight is 413 g/mol. The molecule has 0 bridgehead atoms. The number of hydrogen-bond acceptors (Lipinski definition) is 5. The van der Waals surface area contributed by atoms with Crippen LogP contribution in [-0.4, -0.2) is 35.5 Å². The molecule has 6 nitrogen and oxygen atoms in total. The van der Waals surface area contributed by atoms with Gasteiger partial charge in [0.1, 0.15) is 0 Å². The van der Waals surface area contributed by atoms with Crippen LogP contribution in [-0.2, 0) is 9.63 Å². The number of nitrogens with one attached hydrogen (secondary N) is 1. The average Bonchev–Trinajstić information content (AvgIpc) is 3.27. The summed E-state index contributed by atoms with van der Waals surface area (Å²) in [4.78, 5) is 20.7. The summed E-state index contributed by atoms with van der Waals surface area (Å²) < 4.78 is 0. The van der Waals surface area contributed by atoms with Crippen LogP contribution in [0, 0.1) is 0 Å². The number of benzene rings is 3. The van der Waals surface area contributed by atoms with Crippen LogP contribution in [0.15, 0.2) is 90.1 Å². The number of nitrogens with zero attached hydrogens (tertiary/aromatic N) is 2. The van der Waals surface area contributed by atoms with E-state index in [0.29, 0.717) is 13.0 Å². The number of fused-ring (bicyclic) bond motifs is 1. The van der Waals surface area contributed by atoms with E-state index in [2.05, 4.69) is 10.5 Å². The molecule has 3 atom stereocenters. The standard InChI is InChI=1S/C25H23N3O3/c29-24-23(18-11-5-2-6-12-18)26-20-13-7-8-14-22(20)28(25(24)30)16-19-15-21(27-31-19)17-9-3-1-4-10-17/h1-14,19,23-24,26,29H,15-16H2/t19-,23-,24-/m0/s1. The van der Waals surface area contributed by atoms with E-state index in [4.69, 9.17) is 4.84 Å². The third kappa shape index (κ3) is 3.78. The fourth-order valence-corrected chi connectivity index (χ4v) is 4.14. The van der Waals surface area contributed by atoms with Crippen molar-refractivity contribution in [3.63, 3.8) is 0 Å². The number of rotatable bonds is 4. The summed E-state index contributed by atoms with van der Waals surface area (Å²) in [5.41, 5.74) is 4.25. The third-order valence-corrected chi connectivity index (χ3v) is 5.73. The SMILES string of the molecule is O=C1[C@@H](O)[C@H](c2ccccc2)Nc2ccccc2N1C[C@@H]1CC(c2ccccc2)=NO1. The summed E-state index contributed by atoms with van der Waals surface area (Å²) in [6, 6.07) is 26.5. The van der Waals surface area contributed by atoms with Gasteiger partial charge < -0.3 is 20.2 Å². The van der Waals surface area contributed by atoms with E-state index in [1.165, 1.54) is 0 Å². The molecule has 0 fully saturated rings. The van der Waals surface area contributed by atoms with Crippen molar-refractivity contribution in [1.29, 1.82) is 0 Å². The van der Waals surface area contributed by atoms with Crippen molar-refractivity contribution in [3.05, 3.63) is 96.1 Å². The maximum atomic E-state index is 13.4. The van der Waals surface area contributed by atoms with Crippen molar-refractivity contribution in [3.8, 4) is 0 Å². The largest absolute Gasteiger partial charge is 0.390 e. The minimum absolute atomic E-state index is 0.285. The Morgan fingerprint density at radius 3 is 2.42 bits per heavy atom. The van der Waals surface area contributed by atoms with Crippen molar-refractivity contribution < 1.29 is 14.7 Å². The van der Waals surface area contributed by atoms with E-state index in [1.54, 1.807) is 4.90 Å². The molecule has 3 aromatic carbocycles. The number of aliphatic hydroxyl groups is 1. The van der Waals surface area contributed by atoms with Gasteiger partial charge >= 0.3 is 0 Å². The number of hydrogen-bond donors (Lipinski definition) is 2. The lowest BCUT2D eigenvalue weighted by molar-refractivity contribution is -0.127. The summed E-state index contributed by atoms with van der Waals surface area (Å²) in [6.07, 6.45) is -0.917. The molecule has 0 saturated carbocycles. The molecule has 2 N–H and O–H groups in total. The third-order valence-electron chi connectivity index (χ3n) is 5.73. The highest BCUT2D eigenvalue weighted by atomic mass is 16.6. The van der Waals surface area contributed by atoms with Gasteiger partial charge in [-0.1, -0.05) is 78.0 Å². The zero-order valence-corrected chi connectivity index (χ0v) is 16.9. The fraction of sp³-hybridized carbons (Fsp3) is 0.200. The van der Waals surface area contributed by atoms with Crippen molar-refractivity contribution in [2.75, 3.05) is 16.8 Å². The topological polar surface area (TPSA) is 74.2 Å². The van der Waals surface area contributed by atoms with Crippen LogP contribution in [0.1, 0.15) is 23.6 Å². The lowest BCUT2D eigenvalue weighted by Crippen LogP contribution is -2.45. The lowest BCUT2D eigenvalue weighted by atomic mass is 10.0. The van der Waals surface area contributed by atoms with E-state index in [9.17, 15) is 9.90 Å². The lowest BCUT2D eigenvalue weighted by Gasteiger charge is -2.26. The second-order valence-electron chi connectivity index (χ2n) is 7.78. The van der Waals surface area contributed by atoms with E-state index in [-0.39, 0.29) is 12.0 Å². The Morgan fingerprint density at radius 1 is 0.968 bits per heavy atom. The first kappa shape index (κ1) is 19.3. The summed E-state index contributed by atoms with van der Waals surface area (Å²) in [5, 5.41) is 18.6. The molecule has 156 valence electrons. The van der Waals surface area contributed by atoms with Crippen LogP contribution in [0.5, 0.6) is 0 Å². The monoisotopic (exact) mass is 413 g/mol. The number of aliphatic hydroxyl groups excluding tert-OH is 1. The van der Waals surface area contributed by atoms with E-state index >= 15 is 0 Å². The smallest absolute Gasteiger partial charge is 0.258 e. The molecule has 31 heavy (non-hydrogen) atoms. The van der Waals surface area contributed by atoms with Gasteiger partial charge in [-0.2, -0.15) is 0 Å². The molecule has 5 rings (SSSR count). The quantitative estimate of drug-likeness (QED) is 0.683. The normalized spacial score (nSPS) is 22.7. The summed E-state index contributed by atoms with van der Waals surface area (Å²) in [6.45, 7) is 0.302. The summed E-state index contributed by atoms with van der Waals surface area (Å²) >= 11 is 0. The minimum Gasteiger partial charge on any atom is -0.390 e. The van der Waals surface area contributed by atoms with Crippen LogP contribution < -0.4 is 10.2 Å². The Labute approximate surface area is 180 Å². The van der Waals surface area contributed by atoms with Crippen LogP contribution in [0.25, 0.3) is 0 Å². The van der Waals surface area contributed by atoms with Gasteiger partial charge in [-0.3, -0.25) is 4.79 Å². The summed E-state index contributed by atoms with van der Waals surface area (Å²) in [5.74, 6) is -0.358. The molecular formula is C25H23N3O3. The highest BCUT2D eigenvalue weighted by Crippen LogP contribution is 2.36. The molecular weight excluding hydrogens is 390 g/mol. The number of carbonyl (C=O) groups excluding carboxylic acids is 1. The van der Waals surface area contributed by atoms with E-state index < -0.39 is 12.1 Å². The van der Waals surface area contributed by atoms with Gasteiger partial charge in [-0.25, -0.2) is 0 Å². The Hall–Kier alpha value is -3.64. The van der Waals surface area contributed by atoms with Crippen molar-refractivity contribution >= 4 is 23.0 Å². The predicted molar refractivity (Wildman–Crippen MR) is 120 cm³/mol. The maximum Gasteiger partial charge on any atom is 0.258 e. The summed E-state index contributed by atoms with van der Waals surface area (Å²) in [7, 11) is 0. The second-order valence-corrected chi connectivity index (χ2v) is 7.78. The fourth-order valence-electron chi connectivity index (χ4n) is 4.14. The Morgan fingerprint density at radius 2 is 1.65 bits per heavy atom. The first-order chi connectivity index (χ1) is 15.2. The Balaban J connectivity index is 1.41. The van der Waals surface area contributed by atoms with Gasteiger partial charge in [-0.15, -0.1) is 0 Å². The van der Waals surface area contributed by atoms with Gasteiger partial charge in [0, 0.05) is 6.42 Å². The number of para-hydroxylation sites is 2. The zero-order chi connectivity index (χ0) is 21.2. The molecule has 6 heteroatoms. The van der Waals surface area contributed by atoms with E-state index in [0.717, 1.165) is 28.2 Å². The van der Waals surface area contributed by atoms with Crippen molar-refractivity contribution in [2.45, 2.75) is 24.7 Å². The molecule has 0 aromatic heterocycles. The van der Waals surface area contributed by atoms with Gasteiger partial charge in [0.2, 0.25) is 0 Å². The van der Waals surface area contributed by atoms with Crippen LogP contribution in [0.2, 0.25) is 0 Å². The minimum atomic E-state index is -1.23. The van der Waals surface area contributed by atoms with Crippen LogP contribution in [0.4, 0.5) is 11.4 Å². The Kier molecular flexibility index (Phi) is 5.14. The zero-order valence-electron chi connectivity index (χ0n) is 16.9. The molecule has 2 aliphatic rings. The first-order valence-electron chi connectivity index (χ1n) is 10.4. The molecule has 0 unspecified atom stereocenters. The molecule has 2 aliphatic heterocycles. The van der Waals surface area contributed by atoms with Gasteiger partial charge in [0.15, 0.2) is 12.2 Å². The van der Waals surface area contributed by atoms with Crippen LogP contribution in [0.3, 0.4) is 0 Å². The maximum absolute atomic E-state index is 13.4. The van der Waals surface area contributed by atoms with Gasteiger partial charge in [-0.05, 0) is 23.3 Å². The van der Waals surface area contributed by atoms with Gasteiger partial charge in [0.05, 0.1) is 29.7 Å². The first-order valence-corrected chi connectivity index (χ1v) is 10.4. The molecule has 2 heterocycles. The van der Waals surface area contributed by atoms with E-state index in [1.807, 2.05) is 84.9 Å².